The molecule has 0 aromatic heterocycles. The maximum absolute atomic E-state index is 12.6. The van der Waals surface area contributed by atoms with Gasteiger partial charge in [-0.2, -0.15) is 0 Å². The van der Waals surface area contributed by atoms with Crippen LogP contribution in [0.25, 0.3) is 0 Å². The standard InChI is InChI=1S/C22H25NO3/c1-3-22(21(25)26,16-10-5-4-6-11-16)14-23-20(24)19-13-18(19)17-12-8-7-9-15(17)2/h4-12,18-19H,3,13-14H2,1-2H3,(H,23,24)(H,25,26). The quantitative estimate of drug-likeness (QED) is 0.800. The number of amides is 1. The first-order chi connectivity index (χ1) is 12.5. The van der Waals surface area contributed by atoms with Crippen molar-refractivity contribution in [1.29, 1.82) is 0 Å². The smallest absolute Gasteiger partial charge is 0.315 e. The second-order valence-electron chi connectivity index (χ2n) is 7.13. The topological polar surface area (TPSA) is 66.4 Å². The summed E-state index contributed by atoms with van der Waals surface area (Å²) in [6.45, 7) is 4.02. The molecule has 3 atom stereocenters. The van der Waals surface area contributed by atoms with Crippen LogP contribution in [-0.2, 0) is 15.0 Å². The summed E-state index contributed by atoms with van der Waals surface area (Å²) in [4.78, 5) is 24.6. The minimum absolute atomic E-state index is 0.0479. The Kier molecular flexibility index (Phi) is 5.12. The highest BCUT2D eigenvalue weighted by molar-refractivity contribution is 5.86. The van der Waals surface area contributed by atoms with Gasteiger partial charge in [-0.3, -0.25) is 9.59 Å². The highest BCUT2D eigenvalue weighted by Crippen LogP contribution is 2.48. The maximum atomic E-state index is 12.6. The molecule has 3 unspecified atom stereocenters. The number of carboxylic acid groups (broad SMARTS) is 1. The molecular formula is C22H25NO3. The van der Waals surface area contributed by atoms with Gasteiger partial charge in [-0.25, -0.2) is 0 Å². The van der Waals surface area contributed by atoms with Crippen LogP contribution in [0.4, 0.5) is 0 Å². The highest BCUT2D eigenvalue weighted by Gasteiger charge is 2.46. The van der Waals surface area contributed by atoms with Crippen molar-refractivity contribution in [2.45, 2.75) is 38.0 Å². The molecule has 26 heavy (non-hydrogen) atoms. The molecule has 1 aliphatic rings. The first-order valence-electron chi connectivity index (χ1n) is 9.11. The molecule has 4 nitrogen and oxygen atoms in total. The van der Waals surface area contributed by atoms with Crippen molar-refractivity contribution >= 4 is 11.9 Å². The SMILES string of the molecule is CCC(CNC(=O)C1CC1c1ccccc1C)(C(=O)O)c1ccccc1. The first kappa shape index (κ1) is 18.2. The maximum Gasteiger partial charge on any atom is 0.315 e. The number of aliphatic carboxylic acids is 1. The van der Waals surface area contributed by atoms with E-state index < -0.39 is 11.4 Å². The van der Waals surface area contributed by atoms with Crippen LogP contribution in [0.15, 0.2) is 54.6 Å². The predicted molar refractivity (Wildman–Crippen MR) is 101 cm³/mol. The zero-order valence-electron chi connectivity index (χ0n) is 15.2. The van der Waals surface area contributed by atoms with Gasteiger partial charge in [0, 0.05) is 12.5 Å². The van der Waals surface area contributed by atoms with Gasteiger partial charge in [0.15, 0.2) is 0 Å². The highest BCUT2D eigenvalue weighted by atomic mass is 16.4. The van der Waals surface area contributed by atoms with Gasteiger partial charge < -0.3 is 10.4 Å². The van der Waals surface area contributed by atoms with E-state index in [1.807, 2.05) is 49.4 Å². The molecule has 0 radical (unpaired) electrons. The van der Waals surface area contributed by atoms with Crippen LogP contribution in [0.2, 0.25) is 0 Å². The van der Waals surface area contributed by atoms with Crippen molar-refractivity contribution in [3.63, 3.8) is 0 Å². The van der Waals surface area contributed by atoms with Crippen LogP contribution in [0, 0.1) is 12.8 Å². The van der Waals surface area contributed by atoms with Gasteiger partial charge in [0.25, 0.3) is 0 Å². The van der Waals surface area contributed by atoms with Crippen LogP contribution < -0.4 is 5.32 Å². The molecule has 1 saturated carbocycles. The molecule has 2 aromatic rings. The Balaban J connectivity index is 1.70. The second-order valence-corrected chi connectivity index (χ2v) is 7.13. The van der Waals surface area contributed by atoms with Crippen molar-refractivity contribution < 1.29 is 14.7 Å². The minimum atomic E-state index is -1.09. The third-order valence-corrected chi connectivity index (χ3v) is 5.62. The van der Waals surface area contributed by atoms with Crippen molar-refractivity contribution in [3.05, 3.63) is 71.3 Å². The molecule has 3 rings (SSSR count). The summed E-state index contributed by atoms with van der Waals surface area (Å²) in [5.41, 5.74) is 2.05. The molecule has 1 aliphatic carbocycles. The van der Waals surface area contributed by atoms with Gasteiger partial charge in [0.2, 0.25) is 5.91 Å². The summed E-state index contributed by atoms with van der Waals surface area (Å²) >= 11 is 0. The number of hydrogen-bond acceptors (Lipinski definition) is 2. The lowest BCUT2D eigenvalue weighted by atomic mass is 9.78. The van der Waals surface area contributed by atoms with E-state index in [-0.39, 0.29) is 24.3 Å². The normalized spacial score (nSPS) is 20.8. The van der Waals surface area contributed by atoms with Crippen LogP contribution in [0.5, 0.6) is 0 Å². The van der Waals surface area contributed by atoms with Gasteiger partial charge in [0.05, 0.1) is 0 Å². The number of carboxylic acids is 1. The van der Waals surface area contributed by atoms with Crippen LogP contribution in [0.3, 0.4) is 0 Å². The molecule has 0 aliphatic heterocycles. The van der Waals surface area contributed by atoms with Crippen LogP contribution in [0.1, 0.15) is 42.4 Å². The molecule has 1 amide bonds. The Hall–Kier alpha value is -2.62. The Morgan fingerprint density at radius 3 is 2.38 bits per heavy atom. The lowest BCUT2D eigenvalue weighted by Crippen LogP contribution is -2.46. The number of nitrogens with one attached hydrogen (secondary N) is 1. The van der Waals surface area contributed by atoms with Gasteiger partial charge in [-0.05, 0) is 42.4 Å². The number of hydrogen-bond donors (Lipinski definition) is 2. The molecule has 2 N–H and O–H groups in total. The zero-order valence-corrected chi connectivity index (χ0v) is 15.2. The van der Waals surface area contributed by atoms with E-state index >= 15 is 0 Å². The van der Waals surface area contributed by atoms with E-state index in [1.54, 1.807) is 0 Å². The summed E-state index contributed by atoms with van der Waals surface area (Å²) < 4.78 is 0. The average molecular weight is 351 g/mol. The summed E-state index contributed by atoms with van der Waals surface area (Å²) in [5, 5.41) is 12.8. The van der Waals surface area contributed by atoms with Gasteiger partial charge in [-0.1, -0.05) is 61.5 Å². The second kappa shape index (κ2) is 7.32. The Bertz CT molecular complexity index is 802. The fourth-order valence-corrected chi connectivity index (χ4v) is 3.74. The summed E-state index contributed by atoms with van der Waals surface area (Å²) in [6, 6.07) is 17.3. The average Bonchev–Trinajstić information content (AvgIpc) is 3.44. The molecular weight excluding hydrogens is 326 g/mol. The molecule has 1 fully saturated rings. The predicted octanol–water partition coefficient (Wildman–Crippen LogP) is 3.65. The van der Waals surface area contributed by atoms with Crippen molar-refractivity contribution in [1.82, 2.24) is 5.32 Å². The van der Waals surface area contributed by atoms with E-state index in [0.29, 0.717) is 6.42 Å². The first-order valence-corrected chi connectivity index (χ1v) is 9.11. The zero-order chi connectivity index (χ0) is 18.7. The van der Waals surface area contributed by atoms with Crippen LogP contribution >= 0.6 is 0 Å². The Labute approximate surface area is 154 Å². The lowest BCUT2D eigenvalue weighted by Gasteiger charge is -2.29. The summed E-state index contributed by atoms with van der Waals surface area (Å²) in [5.74, 6) is -0.769. The number of aryl methyl sites for hydroxylation is 1. The van der Waals surface area contributed by atoms with E-state index in [4.69, 9.17) is 0 Å². The lowest BCUT2D eigenvalue weighted by molar-refractivity contribution is -0.144. The van der Waals surface area contributed by atoms with Crippen LogP contribution in [-0.4, -0.2) is 23.5 Å². The molecule has 0 bridgehead atoms. The van der Waals surface area contributed by atoms with E-state index in [1.165, 1.54) is 11.1 Å². The van der Waals surface area contributed by atoms with Gasteiger partial charge in [-0.15, -0.1) is 0 Å². The summed E-state index contributed by atoms with van der Waals surface area (Å²) in [7, 11) is 0. The third kappa shape index (κ3) is 3.36. The van der Waals surface area contributed by atoms with Crippen molar-refractivity contribution in [2.75, 3.05) is 6.54 Å². The molecule has 0 heterocycles. The van der Waals surface area contributed by atoms with Gasteiger partial charge in [0.1, 0.15) is 5.41 Å². The van der Waals surface area contributed by atoms with E-state index in [9.17, 15) is 14.7 Å². The fourth-order valence-electron chi connectivity index (χ4n) is 3.74. The van der Waals surface area contributed by atoms with Gasteiger partial charge >= 0.3 is 5.97 Å². The summed E-state index contributed by atoms with van der Waals surface area (Å²) in [6.07, 6.45) is 1.24. The monoisotopic (exact) mass is 351 g/mol. The van der Waals surface area contributed by atoms with E-state index in [0.717, 1.165) is 12.0 Å². The molecule has 4 heteroatoms. The molecule has 0 saturated heterocycles. The number of rotatable bonds is 7. The number of carbonyl (C=O) groups excluding carboxylic acids is 1. The molecule has 2 aromatic carbocycles. The minimum Gasteiger partial charge on any atom is -0.481 e. The third-order valence-electron chi connectivity index (χ3n) is 5.62. The molecule has 0 spiro atoms. The van der Waals surface area contributed by atoms with E-state index in [2.05, 4.69) is 24.4 Å². The van der Waals surface area contributed by atoms with Crippen molar-refractivity contribution in [3.8, 4) is 0 Å². The van der Waals surface area contributed by atoms with Crippen molar-refractivity contribution in [2.24, 2.45) is 5.92 Å². The Morgan fingerprint density at radius 2 is 1.77 bits per heavy atom. The Morgan fingerprint density at radius 1 is 1.12 bits per heavy atom. The fraction of sp³-hybridized carbons (Fsp3) is 0.364. The molecule has 136 valence electrons. The number of carbonyl (C=O) groups is 2. The largest absolute Gasteiger partial charge is 0.481 e. The number of benzene rings is 2.